The molecule has 0 aliphatic rings. The van der Waals surface area contributed by atoms with Gasteiger partial charge in [-0.15, -0.1) is 0 Å². The fourth-order valence-corrected chi connectivity index (χ4v) is 2.12. The summed E-state index contributed by atoms with van der Waals surface area (Å²) in [5, 5.41) is 0. The Morgan fingerprint density at radius 1 is 1.29 bits per heavy atom. The summed E-state index contributed by atoms with van der Waals surface area (Å²) >= 11 is 0. The van der Waals surface area contributed by atoms with Crippen LogP contribution in [0.2, 0.25) is 0 Å². The maximum absolute atomic E-state index is 12.4. The van der Waals surface area contributed by atoms with E-state index in [9.17, 15) is 9.59 Å². The van der Waals surface area contributed by atoms with E-state index < -0.39 is 5.97 Å². The molecule has 0 N–H and O–H groups in total. The summed E-state index contributed by atoms with van der Waals surface area (Å²) in [5.41, 5.74) is 1.04. The number of carbonyl (C=O) groups excluding carboxylic acids is 2. The fraction of sp³-hybridized carbons (Fsp3) is 0.278. The van der Waals surface area contributed by atoms with Gasteiger partial charge in [-0.25, -0.2) is 9.78 Å². The number of benzene rings is 1. The zero-order valence-corrected chi connectivity index (χ0v) is 13.8. The van der Waals surface area contributed by atoms with E-state index in [0.29, 0.717) is 12.4 Å². The van der Waals surface area contributed by atoms with Gasteiger partial charge in [0.1, 0.15) is 6.26 Å². The van der Waals surface area contributed by atoms with Crippen LogP contribution >= 0.6 is 0 Å². The predicted octanol–water partition coefficient (Wildman–Crippen LogP) is 2.91. The highest BCUT2D eigenvalue weighted by atomic mass is 16.5. The van der Waals surface area contributed by atoms with Gasteiger partial charge >= 0.3 is 5.97 Å². The van der Waals surface area contributed by atoms with Gasteiger partial charge in [0.05, 0.1) is 13.7 Å². The van der Waals surface area contributed by atoms with E-state index in [0.717, 1.165) is 12.0 Å². The van der Waals surface area contributed by atoms with Crippen molar-refractivity contribution in [2.75, 3.05) is 13.7 Å². The molecule has 6 heteroatoms. The topological polar surface area (TPSA) is 72.6 Å². The quantitative estimate of drug-likeness (QED) is 0.577. The molecule has 0 aliphatic heterocycles. The zero-order chi connectivity index (χ0) is 17.4. The lowest BCUT2D eigenvalue weighted by molar-refractivity contribution is -0.126. The first-order valence-electron chi connectivity index (χ1n) is 7.68. The Morgan fingerprint density at radius 2 is 2.04 bits per heavy atom. The number of carbonyl (C=O) groups is 2. The van der Waals surface area contributed by atoms with Gasteiger partial charge in [-0.2, -0.15) is 0 Å². The predicted molar refractivity (Wildman–Crippen MR) is 89.0 cm³/mol. The van der Waals surface area contributed by atoms with Crippen molar-refractivity contribution in [3.05, 3.63) is 59.8 Å². The molecule has 0 saturated carbocycles. The highest BCUT2D eigenvalue weighted by Gasteiger charge is 2.17. The van der Waals surface area contributed by atoms with Crippen LogP contribution in [0.15, 0.2) is 47.1 Å². The average Bonchev–Trinajstić information content (AvgIpc) is 3.08. The summed E-state index contributed by atoms with van der Waals surface area (Å²) in [6.07, 6.45) is 5.32. The monoisotopic (exact) mass is 328 g/mol. The first-order chi connectivity index (χ1) is 11.6. The van der Waals surface area contributed by atoms with Gasteiger partial charge in [0, 0.05) is 12.6 Å². The van der Waals surface area contributed by atoms with E-state index in [1.807, 2.05) is 37.3 Å². The highest BCUT2D eigenvalue weighted by Crippen LogP contribution is 2.09. The summed E-state index contributed by atoms with van der Waals surface area (Å²) in [5.74, 6) is -0.411. The van der Waals surface area contributed by atoms with E-state index in [-0.39, 0.29) is 18.1 Å². The molecule has 2 rings (SSSR count). The number of ether oxygens (including phenoxy) is 1. The molecule has 0 aliphatic carbocycles. The third-order valence-corrected chi connectivity index (χ3v) is 3.30. The lowest BCUT2D eigenvalue weighted by atomic mass is 10.2. The standard InChI is InChI=1S/C18H20N2O4/c1-3-11-20(12-16-19-15(13-24-16)18(22)23-2)17(21)10-9-14-7-5-4-6-8-14/h4-10,13H,3,11-12H2,1-2H3/b10-9+. The smallest absolute Gasteiger partial charge is 0.360 e. The summed E-state index contributed by atoms with van der Waals surface area (Å²) in [6, 6.07) is 9.59. The molecule has 1 amide bonds. The minimum atomic E-state index is -0.567. The SMILES string of the molecule is CCCN(Cc1nc(C(=O)OC)co1)C(=O)/C=C/c1ccccc1. The van der Waals surface area contributed by atoms with Crippen molar-refractivity contribution in [3.63, 3.8) is 0 Å². The first-order valence-corrected chi connectivity index (χ1v) is 7.68. The number of methoxy groups -OCH3 is 1. The molecular weight excluding hydrogens is 308 g/mol. The Morgan fingerprint density at radius 3 is 2.71 bits per heavy atom. The number of nitrogens with zero attached hydrogens (tertiary/aromatic N) is 2. The molecule has 0 saturated heterocycles. The summed E-state index contributed by atoms with van der Waals surface area (Å²) in [6.45, 7) is 2.74. The normalized spacial score (nSPS) is 10.8. The van der Waals surface area contributed by atoms with Crippen molar-refractivity contribution in [2.24, 2.45) is 0 Å². The molecule has 0 spiro atoms. The minimum Gasteiger partial charge on any atom is -0.464 e. The molecule has 0 atom stereocenters. The molecule has 6 nitrogen and oxygen atoms in total. The van der Waals surface area contributed by atoms with Gasteiger partial charge < -0.3 is 14.1 Å². The van der Waals surface area contributed by atoms with Crippen molar-refractivity contribution in [1.82, 2.24) is 9.88 Å². The maximum Gasteiger partial charge on any atom is 0.360 e. The second-order valence-corrected chi connectivity index (χ2v) is 5.12. The number of hydrogen-bond acceptors (Lipinski definition) is 5. The molecule has 126 valence electrons. The van der Waals surface area contributed by atoms with Crippen LogP contribution in [0.1, 0.15) is 35.3 Å². The fourth-order valence-electron chi connectivity index (χ4n) is 2.12. The molecule has 2 aromatic rings. The van der Waals surface area contributed by atoms with Crippen molar-refractivity contribution >= 4 is 18.0 Å². The van der Waals surface area contributed by atoms with Gasteiger partial charge in [-0.05, 0) is 18.1 Å². The van der Waals surface area contributed by atoms with Crippen LogP contribution in [-0.4, -0.2) is 35.4 Å². The second kappa shape index (κ2) is 8.67. The van der Waals surface area contributed by atoms with Gasteiger partial charge in [0.2, 0.25) is 11.8 Å². The van der Waals surface area contributed by atoms with Crippen molar-refractivity contribution in [3.8, 4) is 0 Å². The van der Waals surface area contributed by atoms with Crippen LogP contribution in [0.4, 0.5) is 0 Å². The second-order valence-electron chi connectivity index (χ2n) is 5.12. The summed E-state index contributed by atoms with van der Waals surface area (Å²) < 4.78 is 9.83. The van der Waals surface area contributed by atoms with Crippen LogP contribution in [-0.2, 0) is 16.1 Å². The van der Waals surface area contributed by atoms with Gasteiger partial charge in [0.25, 0.3) is 0 Å². The Hall–Kier alpha value is -2.89. The average molecular weight is 328 g/mol. The maximum atomic E-state index is 12.4. The molecule has 0 radical (unpaired) electrons. The van der Waals surface area contributed by atoms with Crippen molar-refractivity contribution in [1.29, 1.82) is 0 Å². The molecular formula is C18H20N2O4. The van der Waals surface area contributed by atoms with Gasteiger partial charge in [-0.3, -0.25) is 4.79 Å². The number of aromatic nitrogens is 1. The molecule has 0 bridgehead atoms. The zero-order valence-electron chi connectivity index (χ0n) is 13.8. The number of hydrogen-bond donors (Lipinski definition) is 0. The lowest BCUT2D eigenvalue weighted by Crippen LogP contribution is -2.29. The summed E-state index contributed by atoms with van der Waals surface area (Å²) in [7, 11) is 1.28. The van der Waals surface area contributed by atoms with Gasteiger partial charge in [-0.1, -0.05) is 37.3 Å². The lowest BCUT2D eigenvalue weighted by Gasteiger charge is -2.18. The van der Waals surface area contributed by atoms with E-state index in [1.54, 1.807) is 11.0 Å². The van der Waals surface area contributed by atoms with E-state index in [1.165, 1.54) is 19.4 Å². The molecule has 1 aromatic heterocycles. The number of amides is 1. The largest absolute Gasteiger partial charge is 0.464 e. The van der Waals surface area contributed by atoms with Crippen molar-refractivity contribution in [2.45, 2.75) is 19.9 Å². The van der Waals surface area contributed by atoms with E-state index >= 15 is 0 Å². The van der Waals surface area contributed by atoms with Crippen LogP contribution in [0.5, 0.6) is 0 Å². The molecule has 24 heavy (non-hydrogen) atoms. The van der Waals surface area contributed by atoms with Gasteiger partial charge in [0.15, 0.2) is 5.69 Å². The molecule has 0 fully saturated rings. The Bertz CT molecular complexity index is 707. The van der Waals surface area contributed by atoms with Crippen LogP contribution in [0, 0.1) is 0 Å². The van der Waals surface area contributed by atoms with Crippen molar-refractivity contribution < 1.29 is 18.7 Å². The Balaban J connectivity index is 2.05. The van der Waals surface area contributed by atoms with E-state index in [2.05, 4.69) is 9.72 Å². The molecule has 1 heterocycles. The Labute approximate surface area is 140 Å². The third kappa shape index (κ3) is 4.81. The number of esters is 1. The van der Waals surface area contributed by atoms with Crippen LogP contribution in [0.25, 0.3) is 6.08 Å². The third-order valence-electron chi connectivity index (χ3n) is 3.30. The van der Waals surface area contributed by atoms with Crippen LogP contribution < -0.4 is 0 Å². The Kier molecular flexibility index (Phi) is 6.31. The first kappa shape index (κ1) is 17.5. The molecule has 0 unspecified atom stereocenters. The van der Waals surface area contributed by atoms with Crippen LogP contribution in [0.3, 0.4) is 0 Å². The number of oxazole rings is 1. The summed E-state index contributed by atoms with van der Waals surface area (Å²) in [4.78, 5) is 29.4. The highest BCUT2D eigenvalue weighted by molar-refractivity contribution is 5.91. The minimum absolute atomic E-state index is 0.0937. The number of rotatable bonds is 7. The molecule has 1 aromatic carbocycles. The van der Waals surface area contributed by atoms with E-state index in [4.69, 9.17) is 4.42 Å².